The van der Waals surface area contributed by atoms with Gasteiger partial charge < -0.3 is 9.73 Å². The van der Waals surface area contributed by atoms with E-state index in [1.54, 1.807) is 0 Å². The maximum absolute atomic E-state index is 11.0. The molecule has 8 heteroatoms. The van der Waals surface area contributed by atoms with Crippen molar-refractivity contribution in [1.29, 1.82) is 0 Å². The second-order valence-electron chi connectivity index (χ2n) is 5.60. The highest BCUT2D eigenvalue weighted by Gasteiger charge is 2.15. The molecule has 0 bridgehead atoms. The minimum atomic E-state index is -0.474. The van der Waals surface area contributed by atoms with Gasteiger partial charge in [0.15, 0.2) is 5.58 Å². The Morgan fingerprint density at radius 1 is 1.12 bits per heavy atom. The first-order valence-electron chi connectivity index (χ1n) is 7.84. The molecule has 4 aromatic rings. The monoisotopic (exact) mass is 347 g/mol. The minimum Gasteiger partial charge on any atom is -0.423 e. The predicted molar refractivity (Wildman–Crippen MR) is 95.2 cm³/mol. The number of rotatable bonds is 5. The fourth-order valence-electron chi connectivity index (χ4n) is 2.58. The van der Waals surface area contributed by atoms with Crippen LogP contribution in [-0.2, 0) is 6.42 Å². The SMILES string of the molecule is O=[N+]([O-])c1cncnc1Cc1ccc(Nc2nc3ccccc3o2)cc1. The molecule has 2 heterocycles. The second-order valence-corrected chi connectivity index (χ2v) is 5.60. The first-order chi connectivity index (χ1) is 12.7. The lowest BCUT2D eigenvalue weighted by Crippen LogP contribution is -2.00. The molecule has 0 unspecified atom stereocenters. The van der Waals surface area contributed by atoms with E-state index < -0.39 is 4.92 Å². The fraction of sp³-hybridized carbons (Fsp3) is 0.0556. The molecule has 0 atom stereocenters. The molecule has 0 spiro atoms. The molecule has 0 aliphatic heterocycles. The molecule has 0 fully saturated rings. The average molecular weight is 347 g/mol. The molecule has 2 aromatic carbocycles. The molecule has 8 nitrogen and oxygen atoms in total. The Bertz CT molecular complexity index is 1040. The summed E-state index contributed by atoms with van der Waals surface area (Å²) < 4.78 is 5.63. The van der Waals surface area contributed by atoms with Gasteiger partial charge in [0, 0.05) is 12.1 Å². The van der Waals surface area contributed by atoms with Crippen molar-refractivity contribution >= 4 is 28.5 Å². The zero-order valence-electron chi connectivity index (χ0n) is 13.5. The number of aromatic nitrogens is 3. The van der Waals surface area contributed by atoms with Crippen molar-refractivity contribution in [3.05, 3.63) is 82.4 Å². The Labute approximate surface area is 147 Å². The third kappa shape index (κ3) is 3.20. The van der Waals surface area contributed by atoms with Gasteiger partial charge >= 0.3 is 5.69 Å². The van der Waals surface area contributed by atoms with Crippen LogP contribution >= 0.6 is 0 Å². The number of nitrogens with one attached hydrogen (secondary N) is 1. The summed E-state index contributed by atoms with van der Waals surface area (Å²) >= 11 is 0. The van der Waals surface area contributed by atoms with Gasteiger partial charge in [-0.05, 0) is 29.8 Å². The van der Waals surface area contributed by atoms with Crippen LogP contribution < -0.4 is 5.32 Å². The molecular weight excluding hydrogens is 334 g/mol. The van der Waals surface area contributed by atoms with Crippen molar-refractivity contribution in [2.45, 2.75) is 6.42 Å². The van der Waals surface area contributed by atoms with Crippen LogP contribution in [0.4, 0.5) is 17.4 Å². The summed E-state index contributed by atoms with van der Waals surface area (Å²) in [5.74, 6) is 0. The molecular formula is C18H13N5O3. The molecule has 128 valence electrons. The van der Waals surface area contributed by atoms with Crippen LogP contribution in [0.1, 0.15) is 11.3 Å². The van der Waals surface area contributed by atoms with Crippen LogP contribution in [0.3, 0.4) is 0 Å². The normalized spacial score (nSPS) is 10.8. The van der Waals surface area contributed by atoms with Crippen LogP contribution in [0.2, 0.25) is 0 Å². The van der Waals surface area contributed by atoms with Crippen LogP contribution in [0.15, 0.2) is 65.5 Å². The van der Waals surface area contributed by atoms with Gasteiger partial charge in [-0.3, -0.25) is 10.1 Å². The van der Waals surface area contributed by atoms with Crippen LogP contribution in [-0.4, -0.2) is 19.9 Å². The first-order valence-corrected chi connectivity index (χ1v) is 7.84. The topological polar surface area (TPSA) is 107 Å². The van der Waals surface area contributed by atoms with Crippen LogP contribution in [0, 0.1) is 10.1 Å². The number of hydrogen-bond acceptors (Lipinski definition) is 7. The van der Waals surface area contributed by atoms with Crippen molar-refractivity contribution in [3.8, 4) is 0 Å². The molecule has 0 saturated heterocycles. The van der Waals surface area contributed by atoms with E-state index in [9.17, 15) is 10.1 Å². The highest BCUT2D eigenvalue weighted by molar-refractivity contribution is 5.75. The van der Waals surface area contributed by atoms with E-state index in [-0.39, 0.29) is 5.69 Å². The van der Waals surface area contributed by atoms with Gasteiger partial charge in [0.1, 0.15) is 23.7 Å². The molecule has 4 rings (SSSR count). The molecule has 0 radical (unpaired) electrons. The highest BCUT2D eigenvalue weighted by Crippen LogP contribution is 2.23. The second kappa shape index (κ2) is 6.60. The minimum absolute atomic E-state index is 0.0822. The van der Waals surface area contributed by atoms with Crippen LogP contribution in [0.5, 0.6) is 0 Å². The van der Waals surface area contributed by atoms with Crippen molar-refractivity contribution in [2.24, 2.45) is 0 Å². The maximum atomic E-state index is 11.0. The van der Waals surface area contributed by atoms with E-state index >= 15 is 0 Å². The Hall–Kier alpha value is -3.81. The average Bonchev–Trinajstić information content (AvgIpc) is 3.06. The predicted octanol–water partition coefficient (Wildman–Crippen LogP) is 3.86. The maximum Gasteiger partial charge on any atom is 0.309 e. The summed E-state index contributed by atoms with van der Waals surface area (Å²) in [6.45, 7) is 0. The Morgan fingerprint density at radius 3 is 2.69 bits per heavy atom. The standard InChI is InChI=1S/C18H13N5O3/c24-23(25)16-10-19-11-20-15(16)9-12-5-7-13(8-6-12)21-18-22-14-3-1-2-4-17(14)26-18/h1-8,10-11H,9H2,(H,21,22). The number of nitrogens with zero attached hydrogens (tertiary/aromatic N) is 4. The van der Waals surface area contributed by atoms with Gasteiger partial charge in [-0.25, -0.2) is 9.97 Å². The Kier molecular flexibility index (Phi) is 3.98. The summed E-state index contributed by atoms with van der Waals surface area (Å²) in [5, 5.41) is 14.1. The van der Waals surface area contributed by atoms with Gasteiger partial charge in [0.25, 0.3) is 6.01 Å². The number of fused-ring (bicyclic) bond motifs is 1. The quantitative estimate of drug-likeness (QED) is 0.431. The number of hydrogen-bond donors (Lipinski definition) is 1. The number of benzene rings is 2. The van der Waals surface area contributed by atoms with E-state index in [4.69, 9.17) is 4.42 Å². The van der Waals surface area contributed by atoms with Crippen molar-refractivity contribution < 1.29 is 9.34 Å². The first kappa shape index (κ1) is 15.7. The van der Waals surface area contributed by atoms with Gasteiger partial charge in [-0.15, -0.1) is 0 Å². The van der Waals surface area contributed by atoms with Gasteiger partial charge in [0.05, 0.1) is 4.92 Å². The van der Waals surface area contributed by atoms with Crippen molar-refractivity contribution in [3.63, 3.8) is 0 Å². The van der Waals surface area contributed by atoms with Crippen molar-refractivity contribution in [2.75, 3.05) is 5.32 Å². The van der Waals surface area contributed by atoms with Gasteiger partial charge in [0.2, 0.25) is 0 Å². The summed E-state index contributed by atoms with van der Waals surface area (Å²) in [6.07, 6.45) is 2.87. The number of para-hydroxylation sites is 2. The summed E-state index contributed by atoms with van der Waals surface area (Å²) in [7, 11) is 0. The highest BCUT2D eigenvalue weighted by atomic mass is 16.6. The molecule has 26 heavy (non-hydrogen) atoms. The third-order valence-corrected chi connectivity index (χ3v) is 3.84. The summed E-state index contributed by atoms with van der Waals surface area (Å²) in [6, 6.07) is 15.4. The number of nitro groups is 1. The van der Waals surface area contributed by atoms with E-state index in [0.29, 0.717) is 23.7 Å². The molecule has 0 aliphatic rings. The molecule has 0 amide bonds. The number of oxazole rings is 1. The molecule has 0 aliphatic carbocycles. The summed E-state index contributed by atoms with van der Waals surface area (Å²) in [5.41, 5.74) is 3.49. The lowest BCUT2D eigenvalue weighted by molar-refractivity contribution is -0.386. The number of anilines is 2. The molecule has 1 N–H and O–H groups in total. The fourth-order valence-corrected chi connectivity index (χ4v) is 2.58. The van der Waals surface area contributed by atoms with Gasteiger partial charge in [-0.1, -0.05) is 24.3 Å². The van der Waals surface area contributed by atoms with E-state index in [0.717, 1.165) is 16.8 Å². The molecule has 0 saturated carbocycles. The largest absolute Gasteiger partial charge is 0.423 e. The van der Waals surface area contributed by atoms with E-state index in [1.165, 1.54) is 12.5 Å². The molecule has 2 aromatic heterocycles. The summed E-state index contributed by atoms with van der Waals surface area (Å²) in [4.78, 5) is 22.7. The lowest BCUT2D eigenvalue weighted by atomic mass is 10.1. The smallest absolute Gasteiger partial charge is 0.309 e. The van der Waals surface area contributed by atoms with E-state index in [2.05, 4.69) is 20.3 Å². The zero-order chi connectivity index (χ0) is 17.9. The van der Waals surface area contributed by atoms with Gasteiger partial charge in [-0.2, -0.15) is 4.98 Å². The Balaban J connectivity index is 1.51. The van der Waals surface area contributed by atoms with Crippen LogP contribution in [0.25, 0.3) is 11.1 Å². The third-order valence-electron chi connectivity index (χ3n) is 3.84. The lowest BCUT2D eigenvalue weighted by Gasteiger charge is -2.05. The van der Waals surface area contributed by atoms with Crippen molar-refractivity contribution in [1.82, 2.24) is 15.0 Å². The zero-order valence-corrected chi connectivity index (χ0v) is 13.5. The Morgan fingerprint density at radius 2 is 1.92 bits per heavy atom. The van der Waals surface area contributed by atoms with E-state index in [1.807, 2.05) is 48.5 Å².